The Balaban J connectivity index is 1.40. The first-order chi connectivity index (χ1) is 11.7. The molecule has 3 rings (SSSR count). The van der Waals surface area contributed by atoms with Crippen molar-refractivity contribution in [3.05, 3.63) is 35.4 Å². The second kappa shape index (κ2) is 8.32. The molecule has 1 aromatic rings. The zero-order chi connectivity index (χ0) is 16.8. The van der Waals surface area contributed by atoms with E-state index >= 15 is 0 Å². The quantitative estimate of drug-likeness (QED) is 0.810. The van der Waals surface area contributed by atoms with Crippen molar-refractivity contribution in [2.24, 2.45) is 5.92 Å². The molecule has 0 bridgehead atoms. The van der Waals surface area contributed by atoms with Crippen LogP contribution in [0.5, 0.6) is 0 Å². The Hall–Kier alpha value is -1.84. The van der Waals surface area contributed by atoms with Crippen LogP contribution < -0.4 is 5.32 Å². The van der Waals surface area contributed by atoms with Gasteiger partial charge in [-0.15, -0.1) is 0 Å². The molecule has 0 spiro atoms. The molecule has 1 amide bonds. The molecule has 1 fully saturated rings. The maximum absolute atomic E-state index is 12.1. The maximum atomic E-state index is 12.1. The lowest BCUT2D eigenvalue weighted by Gasteiger charge is -2.26. The van der Waals surface area contributed by atoms with E-state index in [1.807, 2.05) is 12.1 Å². The Morgan fingerprint density at radius 2 is 1.88 bits per heavy atom. The average molecular weight is 329 g/mol. The van der Waals surface area contributed by atoms with Gasteiger partial charge in [-0.1, -0.05) is 49.9 Å². The SMILES string of the molecule is O=C(COC(=O)CCC1CCCC1)N[C@H]1CCCc2ccccc21. The number of nitrogens with one attached hydrogen (secondary N) is 1. The zero-order valence-corrected chi connectivity index (χ0v) is 14.3. The van der Waals surface area contributed by atoms with Crippen molar-refractivity contribution < 1.29 is 14.3 Å². The van der Waals surface area contributed by atoms with Crippen molar-refractivity contribution >= 4 is 11.9 Å². The summed E-state index contributed by atoms with van der Waals surface area (Å²) in [5.41, 5.74) is 2.51. The average Bonchev–Trinajstić information content (AvgIpc) is 3.12. The van der Waals surface area contributed by atoms with E-state index in [-0.39, 0.29) is 24.5 Å². The summed E-state index contributed by atoms with van der Waals surface area (Å²) in [7, 11) is 0. The topological polar surface area (TPSA) is 55.4 Å². The molecule has 2 aliphatic rings. The Kier molecular flexibility index (Phi) is 5.89. The van der Waals surface area contributed by atoms with Crippen LogP contribution in [0.2, 0.25) is 0 Å². The van der Waals surface area contributed by atoms with E-state index in [0.29, 0.717) is 12.3 Å². The molecule has 0 unspecified atom stereocenters. The fourth-order valence-electron chi connectivity index (χ4n) is 3.98. The molecular weight excluding hydrogens is 302 g/mol. The molecule has 2 aliphatic carbocycles. The number of benzene rings is 1. The summed E-state index contributed by atoms with van der Waals surface area (Å²) in [6, 6.07) is 8.28. The third-order valence-electron chi connectivity index (χ3n) is 5.30. The van der Waals surface area contributed by atoms with Crippen LogP contribution in [-0.4, -0.2) is 18.5 Å². The molecule has 0 aromatic heterocycles. The van der Waals surface area contributed by atoms with Gasteiger partial charge < -0.3 is 10.1 Å². The van der Waals surface area contributed by atoms with Gasteiger partial charge in [0.05, 0.1) is 6.04 Å². The maximum Gasteiger partial charge on any atom is 0.306 e. The minimum atomic E-state index is -0.249. The molecule has 1 saturated carbocycles. The molecule has 0 heterocycles. The smallest absolute Gasteiger partial charge is 0.306 e. The summed E-state index contributed by atoms with van der Waals surface area (Å²) in [6.45, 7) is -0.165. The van der Waals surface area contributed by atoms with Crippen LogP contribution in [0.1, 0.15) is 68.5 Å². The number of fused-ring (bicyclic) bond motifs is 1. The molecule has 0 aliphatic heterocycles. The van der Waals surface area contributed by atoms with E-state index < -0.39 is 0 Å². The minimum absolute atomic E-state index is 0.0413. The molecule has 4 nitrogen and oxygen atoms in total. The second-order valence-electron chi connectivity index (χ2n) is 7.06. The van der Waals surface area contributed by atoms with Crippen molar-refractivity contribution in [1.82, 2.24) is 5.32 Å². The summed E-state index contributed by atoms with van der Waals surface area (Å²) >= 11 is 0. The summed E-state index contributed by atoms with van der Waals surface area (Å²) in [6.07, 6.45) is 9.44. The van der Waals surface area contributed by atoms with Crippen LogP contribution in [0.15, 0.2) is 24.3 Å². The first-order valence-corrected chi connectivity index (χ1v) is 9.25. The largest absolute Gasteiger partial charge is 0.456 e. The van der Waals surface area contributed by atoms with Gasteiger partial charge in [0, 0.05) is 6.42 Å². The number of aryl methyl sites for hydroxylation is 1. The van der Waals surface area contributed by atoms with E-state index in [9.17, 15) is 9.59 Å². The van der Waals surface area contributed by atoms with Crippen molar-refractivity contribution in [2.45, 2.75) is 63.8 Å². The summed E-state index contributed by atoms with van der Waals surface area (Å²) in [5.74, 6) is 0.220. The summed E-state index contributed by atoms with van der Waals surface area (Å²) in [5, 5.41) is 3.01. The molecule has 1 N–H and O–H groups in total. The highest BCUT2D eigenvalue weighted by Crippen LogP contribution is 2.30. The van der Waals surface area contributed by atoms with Crippen LogP contribution in [0, 0.1) is 5.92 Å². The van der Waals surface area contributed by atoms with Gasteiger partial charge >= 0.3 is 5.97 Å². The van der Waals surface area contributed by atoms with Gasteiger partial charge in [-0.25, -0.2) is 0 Å². The van der Waals surface area contributed by atoms with Gasteiger partial charge in [0.1, 0.15) is 0 Å². The van der Waals surface area contributed by atoms with Crippen LogP contribution >= 0.6 is 0 Å². The zero-order valence-electron chi connectivity index (χ0n) is 14.3. The molecule has 0 radical (unpaired) electrons. The second-order valence-corrected chi connectivity index (χ2v) is 7.06. The molecule has 0 saturated heterocycles. The van der Waals surface area contributed by atoms with Crippen LogP contribution in [0.25, 0.3) is 0 Å². The number of carbonyl (C=O) groups is 2. The standard InChI is InChI=1S/C20H27NO3/c22-19(14-24-20(23)13-12-15-6-1-2-7-15)21-18-11-5-9-16-8-3-4-10-17(16)18/h3-4,8,10,15,18H,1-2,5-7,9,11-14H2,(H,21,22)/t18-/m0/s1. The number of amides is 1. The molecular formula is C20H27NO3. The number of ether oxygens (including phenoxy) is 1. The summed E-state index contributed by atoms with van der Waals surface area (Å²) < 4.78 is 5.14. The lowest BCUT2D eigenvalue weighted by Crippen LogP contribution is -2.34. The molecule has 1 aromatic carbocycles. The van der Waals surface area contributed by atoms with Gasteiger partial charge in [-0.3, -0.25) is 9.59 Å². The third kappa shape index (κ3) is 4.59. The predicted molar refractivity (Wildman–Crippen MR) is 92.4 cm³/mol. The van der Waals surface area contributed by atoms with Gasteiger partial charge in [0.25, 0.3) is 5.91 Å². The Morgan fingerprint density at radius 3 is 2.71 bits per heavy atom. The normalized spacial score (nSPS) is 20.4. The van der Waals surface area contributed by atoms with Crippen molar-refractivity contribution in [3.63, 3.8) is 0 Å². The lowest BCUT2D eigenvalue weighted by molar-refractivity contribution is -0.149. The molecule has 130 valence electrons. The van der Waals surface area contributed by atoms with Crippen LogP contribution in [-0.2, 0) is 20.7 Å². The van der Waals surface area contributed by atoms with E-state index in [4.69, 9.17) is 4.74 Å². The van der Waals surface area contributed by atoms with Crippen molar-refractivity contribution in [2.75, 3.05) is 6.61 Å². The van der Waals surface area contributed by atoms with Crippen LogP contribution in [0.3, 0.4) is 0 Å². The highest BCUT2D eigenvalue weighted by molar-refractivity contribution is 5.80. The highest BCUT2D eigenvalue weighted by Gasteiger charge is 2.22. The Labute approximate surface area is 144 Å². The van der Waals surface area contributed by atoms with Gasteiger partial charge in [-0.2, -0.15) is 0 Å². The number of hydrogen-bond acceptors (Lipinski definition) is 3. The fourth-order valence-corrected chi connectivity index (χ4v) is 3.98. The lowest BCUT2D eigenvalue weighted by atomic mass is 9.88. The van der Waals surface area contributed by atoms with Gasteiger partial charge in [0.2, 0.25) is 0 Å². The van der Waals surface area contributed by atoms with E-state index in [1.165, 1.54) is 36.8 Å². The minimum Gasteiger partial charge on any atom is -0.456 e. The Bertz CT molecular complexity index is 578. The monoisotopic (exact) mass is 329 g/mol. The van der Waals surface area contributed by atoms with Crippen molar-refractivity contribution in [1.29, 1.82) is 0 Å². The molecule has 4 heteroatoms. The first-order valence-electron chi connectivity index (χ1n) is 9.25. The number of esters is 1. The predicted octanol–water partition coefficient (Wildman–Crippen LogP) is 3.69. The number of hydrogen-bond donors (Lipinski definition) is 1. The van der Waals surface area contributed by atoms with Gasteiger partial charge in [-0.05, 0) is 42.7 Å². The Morgan fingerprint density at radius 1 is 1.08 bits per heavy atom. The van der Waals surface area contributed by atoms with E-state index in [1.54, 1.807) is 0 Å². The molecule has 24 heavy (non-hydrogen) atoms. The highest BCUT2D eigenvalue weighted by atomic mass is 16.5. The molecule has 1 atom stereocenters. The summed E-state index contributed by atoms with van der Waals surface area (Å²) in [4.78, 5) is 23.9. The fraction of sp³-hybridized carbons (Fsp3) is 0.600. The van der Waals surface area contributed by atoms with Crippen molar-refractivity contribution in [3.8, 4) is 0 Å². The number of carbonyl (C=O) groups excluding carboxylic acids is 2. The number of rotatable bonds is 6. The van der Waals surface area contributed by atoms with E-state index in [0.717, 1.165) is 25.7 Å². The van der Waals surface area contributed by atoms with E-state index in [2.05, 4.69) is 17.4 Å². The van der Waals surface area contributed by atoms with Crippen LogP contribution in [0.4, 0.5) is 0 Å². The third-order valence-corrected chi connectivity index (χ3v) is 5.30. The van der Waals surface area contributed by atoms with Gasteiger partial charge in [0.15, 0.2) is 6.61 Å². The first kappa shape index (κ1) is 17.0.